The third-order valence-electron chi connectivity index (χ3n) is 11.6. The van der Waals surface area contributed by atoms with Gasteiger partial charge in [-0.2, -0.15) is 0 Å². The molecule has 5 rings (SSSR count). The van der Waals surface area contributed by atoms with Crippen molar-refractivity contribution < 1.29 is 57.6 Å². The Kier molecular flexibility index (Phi) is 8.18. The minimum absolute atomic E-state index is 0.142. The van der Waals surface area contributed by atoms with Gasteiger partial charge in [-0.05, 0) is 18.6 Å². The third kappa shape index (κ3) is 4.80. The van der Waals surface area contributed by atoms with Crippen LogP contribution in [-0.4, -0.2) is 76.4 Å². The molecule has 4 saturated carbocycles. The zero-order chi connectivity index (χ0) is 35.1. The second-order valence-electron chi connectivity index (χ2n) is 14.9. The lowest BCUT2D eigenvalue weighted by Crippen LogP contribution is -2.75. The molecule has 0 heterocycles. The maximum Gasteiger partial charge on any atom is 0.338 e. The normalized spacial score (nSPS) is 41.1. The van der Waals surface area contributed by atoms with Crippen LogP contribution in [0.1, 0.15) is 85.5 Å². The first-order chi connectivity index (χ1) is 21.7. The Hall–Kier alpha value is -3.80. The number of benzene rings is 1. The summed E-state index contributed by atoms with van der Waals surface area (Å²) in [4.78, 5) is 79.1. The zero-order valence-electron chi connectivity index (χ0n) is 28.3. The van der Waals surface area contributed by atoms with Crippen molar-refractivity contribution in [3.63, 3.8) is 0 Å². The van der Waals surface area contributed by atoms with Crippen LogP contribution in [0.3, 0.4) is 0 Å². The van der Waals surface area contributed by atoms with E-state index in [1.54, 1.807) is 65.0 Å². The van der Waals surface area contributed by atoms with Crippen molar-refractivity contribution in [1.82, 2.24) is 0 Å². The molecule has 1 N–H and O–H groups in total. The van der Waals surface area contributed by atoms with Gasteiger partial charge in [0.25, 0.3) is 0 Å². The van der Waals surface area contributed by atoms with Gasteiger partial charge in [0.1, 0.15) is 30.0 Å². The van der Waals surface area contributed by atoms with Crippen LogP contribution in [0.5, 0.6) is 0 Å². The van der Waals surface area contributed by atoms with Crippen LogP contribution < -0.4 is 0 Å². The van der Waals surface area contributed by atoms with Gasteiger partial charge in [-0.1, -0.05) is 52.8 Å². The number of ketones is 1. The zero-order valence-corrected chi connectivity index (χ0v) is 28.3. The number of Topliss-reactive ketones (excluding diaryl/α,β-unsaturated/α-hetero) is 1. The standard InChI is InChI=1S/C35H44O12/c1-17-25(46-28(40)22-13-11-10-12-14-22)24-27(44-19(3)37)32(8)16-34(47-21(5)39)23(15-31(6,7)29(34)41)33(32,9)30(45-20(4)38)35(24,42)26(17)43-18(2)36/h10-14,17,23-27,30,42H,15-16H2,1-9H3/t17-,23+,24-,25+,26-,27-,30?,32+,33-,34+,35+/m1/s1. The molecule has 0 bridgehead atoms. The van der Waals surface area contributed by atoms with Gasteiger partial charge in [0.05, 0.1) is 11.5 Å². The van der Waals surface area contributed by atoms with Gasteiger partial charge in [-0.15, -0.1) is 0 Å². The van der Waals surface area contributed by atoms with Crippen molar-refractivity contribution in [2.45, 2.75) is 111 Å². The molecule has 0 saturated heterocycles. The molecule has 0 amide bonds. The molecule has 256 valence electrons. The van der Waals surface area contributed by atoms with Gasteiger partial charge in [0.15, 0.2) is 11.4 Å². The molecule has 0 aliphatic heterocycles. The summed E-state index contributed by atoms with van der Waals surface area (Å²) in [7, 11) is 0. The summed E-state index contributed by atoms with van der Waals surface area (Å²) >= 11 is 0. The number of aliphatic hydroxyl groups is 1. The number of carbonyl (C=O) groups is 6. The van der Waals surface area contributed by atoms with Crippen molar-refractivity contribution >= 4 is 35.6 Å². The first-order valence-electron chi connectivity index (χ1n) is 15.9. The highest BCUT2D eigenvalue weighted by Gasteiger charge is 2.88. The van der Waals surface area contributed by atoms with E-state index in [2.05, 4.69) is 0 Å². The van der Waals surface area contributed by atoms with E-state index in [0.717, 1.165) is 6.92 Å². The van der Waals surface area contributed by atoms with E-state index in [1.807, 2.05) is 0 Å². The van der Waals surface area contributed by atoms with Crippen LogP contribution in [0.4, 0.5) is 0 Å². The van der Waals surface area contributed by atoms with Crippen molar-refractivity contribution in [3.05, 3.63) is 35.9 Å². The first kappa shape index (κ1) is 34.5. The molecule has 12 nitrogen and oxygen atoms in total. The highest BCUT2D eigenvalue weighted by Crippen LogP contribution is 2.77. The topological polar surface area (TPSA) is 169 Å². The minimum Gasteiger partial charge on any atom is -0.461 e. The Morgan fingerprint density at radius 1 is 0.787 bits per heavy atom. The van der Waals surface area contributed by atoms with E-state index in [-0.39, 0.29) is 24.2 Å². The van der Waals surface area contributed by atoms with Crippen LogP contribution in [0, 0.1) is 34.0 Å². The maximum absolute atomic E-state index is 14.3. The highest BCUT2D eigenvalue weighted by atomic mass is 16.6. The van der Waals surface area contributed by atoms with Gasteiger partial charge >= 0.3 is 29.8 Å². The summed E-state index contributed by atoms with van der Waals surface area (Å²) in [5, 5.41) is 13.2. The molecule has 0 aromatic heterocycles. The Balaban J connectivity index is 1.81. The van der Waals surface area contributed by atoms with Gasteiger partial charge in [-0.3, -0.25) is 24.0 Å². The molecular weight excluding hydrogens is 612 g/mol. The van der Waals surface area contributed by atoms with E-state index in [0.29, 0.717) is 0 Å². The highest BCUT2D eigenvalue weighted by molar-refractivity contribution is 5.97. The fourth-order valence-electron chi connectivity index (χ4n) is 9.91. The van der Waals surface area contributed by atoms with Gasteiger partial charge in [0.2, 0.25) is 0 Å². The van der Waals surface area contributed by atoms with E-state index in [1.165, 1.54) is 20.8 Å². The summed E-state index contributed by atoms with van der Waals surface area (Å²) in [5.74, 6) is -7.10. The summed E-state index contributed by atoms with van der Waals surface area (Å²) in [5.41, 5.74) is -7.57. The molecular formula is C35H44O12. The molecule has 4 aliphatic rings. The van der Waals surface area contributed by atoms with E-state index in [9.17, 15) is 33.9 Å². The average Bonchev–Trinajstić information content (AvgIpc) is 3.37. The molecule has 11 atom stereocenters. The van der Waals surface area contributed by atoms with Crippen molar-refractivity contribution in [2.75, 3.05) is 0 Å². The van der Waals surface area contributed by atoms with E-state index >= 15 is 0 Å². The van der Waals surface area contributed by atoms with Gasteiger partial charge < -0.3 is 28.8 Å². The Morgan fingerprint density at radius 3 is 1.87 bits per heavy atom. The van der Waals surface area contributed by atoms with Crippen molar-refractivity contribution in [2.24, 2.45) is 34.0 Å². The van der Waals surface area contributed by atoms with E-state index in [4.69, 9.17) is 23.7 Å². The molecule has 47 heavy (non-hydrogen) atoms. The SMILES string of the molecule is CC(=O)OC1[C@]2(O)[C@H]([C@@H](OC(=O)c3ccccc3)[C@@H](C)[C@H]2OC(C)=O)[C@@H](OC(C)=O)[C@]2(C)C[C@@]3(OC(C)=O)C(=O)C(C)(C)C[C@H]3[C@]12C. The number of fused-ring (bicyclic) bond motifs is 4. The fourth-order valence-corrected chi connectivity index (χ4v) is 9.91. The lowest BCUT2D eigenvalue weighted by molar-refractivity contribution is -0.300. The van der Waals surface area contributed by atoms with Crippen LogP contribution in [-0.2, 0) is 47.7 Å². The monoisotopic (exact) mass is 656 g/mol. The van der Waals surface area contributed by atoms with Crippen molar-refractivity contribution in [3.8, 4) is 0 Å². The minimum atomic E-state index is -2.31. The quantitative estimate of drug-likeness (QED) is 0.351. The average molecular weight is 657 g/mol. The van der Waals surface area contributed by atoms with Crippen LogP contribution >= 0.6 is 0 Å². The molecule has 0 spiro atoms. The largest absolute Gasteiger partial charge is 0.461 e. The Bertz CT molecular complexity index is 1520. The number of carbonyl (C=O) groups excluding carboxylic acids is 6. The predicted molar refractivity (Wildman–Crippen MR) is 162 cm³/mol. The Morgan fingerprint density at radius 2 is 1.34 bits per heavy atom. The molecule has 1 aromatic rings. The van der Waals surface area contributed by atoms with Crippen LogP contribution in [0.25, 0.3) is 0 Å². The molecule has 0 radical (unpaired) electrons. The summed E-state index contributed by atoms with van der Waals surface area (Å²) in [6.45, 7) is 13.3. The Labute approximate surface area is 273 Å². The van der Waals surface area contributed by atoms with Crippen LogP contribution in [0.2, 0.25) is 0 Å². The fraction of sp³-hybridized carbons (Fsp3) is 0.657. The molecule has 1 unspecified atom stereocenters. The molecule has 4 fully saturated rings. The van der Waals surface area contributed by atoms with E-state index < -0.39 is 99.5 Å². The number of esters is 5. The second kappa shape index (κ2) is 11.1. The number of rotatable bonds is 6. The molecule has 4 aliphatic carbocycles. The number of ether oxygens (including phenoxy) is 5. The molecule has 1 aromatic carbocycles. The summed E-state index contributed by atoms with van der Waals surface area (Å²) < 4.78 is 30.1. The second-order valence-corrected chi connectivity index (χ2v) is 14.9. The maximum atomic E-state index is 14.3. The number of hydrogen-bond donors (Lipinski definition) is 1. The number of hydrogen-bond acceptors (Lipinski definition) is 12. The summed E-state index contributed by atoms with van der Waals surface area (Å²) in [6, 6.07) is 8.14. The molecule has 12 heteroatoms. The smallest absolute Gasteiger partial charge is 0.338 e. The summed E-state index contributed by atoms with van der Waals surface area (Å²) in [6.07, 6.45) is -5.43. The van der Waals surface area contributed by atoms with Crippen molar-refractivity contribution in [1.29, 1.82) is 0 Å². The predicted octanol–water partition coefficient (Wildman–Crippen LogP) is 3.35. The first-order valence-corrected chi connectivity index (χ1v) is 15.9. The van der Waals surface area contributed by atoms with Crippen LogP contribution in [0.15, 0.2) is 30.3 Å². The van der Waals surface area contributed by atoms with Gasteiger partial charge in [-0.25, -0.2) is 4.79 Å². The lowest BCUT2D eigenvalue weighted by atomic mass is 9.47. The lowest BCUT2D eigenvalue weighted by Gasteiger charge is -2.62. The third-order valence-corrected chi connectivity index (χ3v) is 11.6. The van der Waals surface area contributed by atoms with Gasteiger partial charge in [0, 0.05) is 62.2 Å².